The van der Waals surface area contributed by atoms with E-state index in [9.17, 15) is 0 Å². The highest BCUT2D eigenvalue weighted by Crippen LogP contribution is 2.00. The number of guanidine groups is 1. The lowest BCUT2D eigenvalue weighted by Crippen LogP contribution is -2.42. The quantitative estimate of drug-likeness (QED) is 0.544. The molecule has 1 aromatic rings. The maximum atomic E-state index is 4.30. The van der Waals surface area contributed by atoms with Gasteiger partial charge in [-0.3, -0.25) is 4.99 Å². The Bertz CT molecular complexity index is 412. The smallest absolute Gasteiger partial charge is 0.191 e. The van der Waals surface area contributed by atoms with E-state index in [4.69, 9.17) is 0 Å². The molecule has 0 heterocycles. The number of rotatable bonds is 9. The fourth-order valence-corrected chi connectivity index (χ4v) is 2.44. The molecule has 0 saturated carbocycles. The zero-order chi connectivity index (χ0) is 16.2. The van der Waals surface area contributed by atoms with Crippen LogP contribution in [0.1, 0.15) is 39.2 Å². The highest BCUT2D eigenvalue weighted by atomic mass is 15.2. The van der Waals surface area contributed by atoms with Crippen LogP contribution in [-0.4, -0.2) is 43.6 Å². The minimum absolute atomic E-state index is 0.428. The summed E-state index contributed by atoms with van der Waals surface area (Å²) in [6.07, 6.45) is 2.37. The molecule has 0 amide bonds. The first-order chi connectivity index (χ1) is 10.7. The van der Waals surface area contributed by atoms with Gasteiger partial charge in [-0.15, -0.1) is 0 Å². The number of hydrogen-bond acceptors (Lipinski definition) is 2. The van der Waals surface area contributed by atoms with Crippen LogP contribution >= 0.6 is 0 Å². The molecular formula is C18H32N4. The van der Waals surface area contributed by atoms with Gasteiger partial charge in [-0.05, 0) is 45.0 Å². The van der Waals surface area contributed by atoms with Gasteiger partial charge in [0.05, 0.1) is 0 Å². The summed E-state index contributed by atoms with van der Waals surface area (Å²) in [5.74, 6) is 0.874. The maximum absolute atomic E-state index is 4.30. The first-order valence-electron chi connectivity index (χ1n) is 8.43. The Labute approximate surface area is 136 Å². The number of nitrogens with one attached hydrogen (secondary N) is 2. The van der Waals surface area contributed by atoms with Gasteiger partial charge in [-0.2, -0.15) is 0 Å². The van der Waals surface area contributed by atoms with Crippen LogP contribution in [0, 0.1) is 0 Å². The van der Waals surface area contributed by atoms with E-state index >= 15 is 0 Å². The van der Waals surface area contributed by atoms with Crippen LogP contribution in [0.4, 0.5) is 0 Å². The van der Waals surface area contributed by atoms with Crippen LogP contribution in [0.5, 0.6) is 0 Å². The van der Waals surface area contributed by atoms with Gasteiger partial charge in [0.15, 0.2) is 5.96 Å². The molecule has 1 unspecified atom stereocenters. The van der Waals surface area contributed by atoms with Crippen molar-refractivity contribution in [2.24, 2.45) is 4.99 Å². The lowest BCUT2D eigenvalue weighted by molar-refractivity contribution is 0.292. The second-order valence-corrected chi connectivity index (χ2v) is 5.63. The highest BCUT2D eigenvalue weighted by Gasteiger charge is 2.06. The summed E-state index contributed by atoms with van der Waals surface area (Å²) in [6.45, 7) is 10.9. The van der Waals surface area contributed by atoms with Gasteiger partial charge in [0, 0.05) is 19.6 Å². The topological polar surface area (TPSA) is 39.7 Å². The van der Waals surface area contributed by atoms with Gasteiger partial charge in [-0.1, -0.05) is 44.2 Å². The Balaban J connectivity index is 2.27. The monoisotopic (exact) mass is 304 g/mol. The number of benzene rings is 1. The molecule has 4 nitrogen and oxygen atoms in total. The average Bonchev–Trinajstić information content (AvgIpc) is 2.56. The average molecular weight is 304 g/mol. The van der Waals surface area contributed by atoms with Crippen molar-refractivity contribution in [1.82, 2.24) is 15.5 Å². The molecular weight excluding hydrogens is 272 g/mol. The molecule has 0 saturated heterocycles. The van der Waals surface area contributed by atoms with E-state index in [1.807, 2.05) is 13.1 Å². The SMILES string of the molecule is CCN(CC)CCCC(C)NC(=NC)NCc1ccccc1. The van der Waals surface area contributed by atoms with E-state index in [0.29, 0.717) is 6.04 Å². The van der Waals surface area contributed by atoms with Gasteiger partial charge in [0.25, 0.3) is 0 Å². The molecule has 0 spiro atoms. The van der Waals surface area contributed by atoms with Crippen molar-refractivity contribution in [2.45, 2.75) is 46.2 Å². The van der Waals surface area contributed by atoms with Crippen LogP contribution in [0.2, 0.25) is 0 Å². The summed E-state index contributed by atoms with van der Waals surface area (Å²) in [6, 6.07) is 10.8. The summed E-state index contributed by atoms with van der Waals surface area (Å²) >= 11 is 0. The number of aliphatic imine (C=N–C) groups is 1. The molecule has 1 atom stereocenters. The van der Waals surface area contributed by atoms with E-state index in [1.54, 1.807) is 0 Å². The summed E-state index contributed by atoms with van der Waals surface area (Å²) in [4.78, 5) is 6.77. The standard InChI is InChI=1S/C18H32N4/c1-5-22(6-2)14-10-11-16(3)21-18(19-4)20-15-17-12-8-7-9-13-17/h7-9,12-13,16H,5-6,10-11,14-15H2,1-4H3,(H2,19,20,21). The summed E-state index contributed by atoms with van der Waals surface area (Å²) in [5.41, 5.74) is 1.26. The normalized spacial score (nSPS) is 13.2. The van der Waals surface area contributed by atoms with Gasteiger partial charge in [-0.25, -0.2) is 0 Å². The second-order valence-electron chi connectivity index (χ2n) is 5.63. The molecule has 0 fully saturated rings. The first-order valence-corrected chi connectivity index (χ1v) is 8.43. The van der Waals surface area contributed by atoms with Gasteiger partial charge in [0.1, 0.15) is 0 Å². The molecule has 4 heteroatoms. The van der Waals surface area contributed by atoms with E-state index < -0.39 is 0 Å². The van der Waals surface area contributed by atoms with E-state index in [2.05, 4.69) is 65.6 Å². The molecule has 0 aliphatic rings. The Morgan fingerprint density at radius 3 is 2.45 bits per heavy atom. The molecule has 22 heavy (non-hydrogen) atoms. The summed E-state index contributed by atoms with van der Waals surface area (Å²) < 4.78 is 0. The molecule has 0 radical (unpaired) electrons. The second kappa shape index (κ2) is 11.1. The van der Waals surface area contributed by atoms with Crippen molar-refractivity contribution < 1.29 is 0 Å². The van der Waals surface area contributed by atoms with Crippen molar-refractivity contribution >= 4 is 5.96 Å². The predicted octanol–water partition coefficient (Wildman–Crippen LogP) is 2.86. The van der Waals surface area contributed by atoms with E-state index in [-0.39, 0.29) is 0 Å². The van der Waals surface area contributed by atoms with E-state index in [1.165, 1.54) is 18.5 Å². The van der Waals surface area contributed by atoms with Gasteiger partial charge >= 0.3 is 0 Å². The number of nitrogens with zero attached hydrogens (tertiary/aromatic N) is 2. The molecule has 2 N–H and O–H groups in total. The molecule has 0 aliphatic carbocycles. The third-order valence-electron chi connectivity index (χ3n) is 3.92. The van der Waals surface area contributed by atoms with Crippen LogP contribution in [0.25, 0.3) is 0 Å². The van der Waals surface area contributed by atoms with E-state index in [0.717, 1.165) is 32.0 Å². The zero-order valence-electron chi connectivity index (χ0n) is 14.6. The fourth-order valence-electron chi connectivity index (χ4n) is 2.44. The third kappa shape index (κ3) is 7.46. The zero-order valence-corrected chi connectivity index (χ0v) is 14.6. The van der Waals surface area contributed by atoms with Crippen molar-refractivity contribution in [2.75, 3.05) is 26.7 Å². The minimum atomic E-state index is 0.428. The van der Waals surface area contributed by atoms with Crippen molar-refractivity contribution in [3.05, 3.63) is 35.9 Å². The lowest BCUT2D eigenvalue weighted by atomic mass is 10.2. The molecule has 0 aliphatic heterocycles. The maximum Gasteiger partial charge on any atom is 0.191 e. The molecule has 1 rings (SSSR count). The summed E-state index contributed by atoms with van der Waals surface area (Å²) in [7, 11) is 1.82. The molecule has 124 valence electrons. The molecule has 1 aromatic carbocycles. The van der Waals surface area contributed by atoms with Gasteiger partial charge < -0.3 is 15.5 Å². The third-order valence-corrected chi connectivity index (χ3v) is 3.92. The Morgan fingerprint density at radius 2 is 1.86 bits per heavy atom. The van der Waals surface area contributed by atoms with Gasteiger partial charge in [0.2, 0.25) is 0 Å². The Hall–Kier alpha value is -1.55. The Morgan fingerprint density at radius 1 is 1.18 bits per heavy atom. The van der Waals surface area contributed by atoms with Crippen molar-refractivity contribution in [1.29, 1.82) is 0 Å². The highest BCUT2D eigenvalue weighted by molar-refractivity contribution is 5.79. The largest absolute Gasteiger partial charge is 0.354 e. The first kappa shape index (κ1) is 18.5. The van der Waals surface area contributed by atoms with Crippen LogP contribution in [0.15, 0.2) is 35.3 Å². The fraction of sp³-hybridized carbons (Fsp3) is 0.611. The number of hydrogen-bond donors (Lipinski definition) is 2. The Kier molecular flexibility index (Phi) is 9.31. The summed E-state index contributed by atoms with van der Waals surface area (Å²) in [5, 5.41) is 6.83. The van der Waals surface area contributed by atoms with Crippen molar-refractivity contribution in [3.8, 4) is 0 Å². The van der Waals surface area contributed by atoms with Crippen molar-refractivity contribution in [3.63, 3.8) is 0 Å². The molecule has 0 aromatic heterocycles. The van der Waals surface area contributed by atoms with Crippen LogP contribution < -0.4 is 10.6 Å². The predicted molar refractivity (Wildman–Crippen MR) is 96.3 cm³/mol. The van der Waals surface area contributed by atoms with Crippen LogP contribution in [0.3, 0.4) is 0 Å². The molecule has 0 bridgehead atoms. The van der Waals surface area contributed by atoms with Crippen LogP contribution in [-0.2, 0) is 6.54 Å². The minimum Gasteiger partial charge on any atom is -0.354 e. The lowest BCUT2D eigenvalue weighted by Gasteiger charge is -2.21.